The fourth-order valence-electron chi connectivity index (χ4n) is 11.6. The van der Waals surface area contributed by atoms with E-state index in [9.17, 15) is 35.1 Å². The van der Waals surface area contributed by atoms with Crippen molar-refractivity contribution in [1.29, 1.82) is 0 Å². The molecule has 0 bridgehead atoms. The van der Waals surface area contributed by atoms with Crippen LogP contribution in [-0.4, -0.2) is 99.6 Å². The second-order valence-electron chi connectivity index (χ2n) is 26.4. The van der Waals surface area contributed by atoms with Gasteiger partial charge in [0.15, 0.2) is 12.4 Å². The van der Waals surface area contributed by atoms with Gasteiger partial charge in [-0.1, -0.05) is 329 Å². The molecule has 11 heteroatoms. The quantitative estimate of drug-likeness (QED) is 0.0195. The van der Waals surface area contributed by atoms with Crippen LogP contribution in [0.15, 0.2) is 109 Å². The van der Waals surface area contributed by atoms with Crippen LogP contribution in [0.5, 0.6) is 0 Å². The molecule has 0 saturated carbocycles. The van der Waals surface area contributed by atoms with E-state index in [4.69, 9.17) is 14.2 Å². The number of hydrogen-bond donors (Lipinski definition) is 6. The van der Waals surface area contributed by atoms with Gasteiger partial charge in [0.1, 0.15) is 24.4 Å². The number of nitrogens with one attached hydrogen (secondary N) is 1. The summed E-state index contributed by atoms with van der Waals surface area (Å²) in [4.78, 5) is 26.8. The Balaban J connectivity index is 2.55. The minimum Gasteiger partial charge on any atom is -0.454 e. The maximum absolute atomic E-state index is 13.5. The van der Waals surface area contributed by atoms with Crippen LogP contribution in [0.1, 0.15) is 335 Å². The van der Waals surface area contributed by atoms with Gasteiger partial charge in [0.25, 0.3) is 0 Å². The molecule has 8 unspecified atom stereocenters. The summed E-state index contributed by atoms with van der Waals surface area (Å²) in [6.07, 6.45) is 84.1. The third-order valence-corrected chi connectivity index (χ3v) is 17.7. The van der Waals surface area contributed by atoms with Gasteiger partial charge in [0.05, 0.1) is 25.4 Å². The predicted molar refractivity (Wildman–Crippen MR) is 393 cm³/mol. The van der Waals surface area contributed by atoms with E-state index in [1.807, 2.05) is 6.08 Å². The lowest BCUT2D eigenvalue weighted by Crippen LogP contribution is -2.61. The molecule has 0 aromatic rings. The van der Waals surface area contributed by atoms with Crippen molar-refractivity contribution in [1.82, 2.24) is 5.32 Å². The molecule has 6 N–H and O–H groups in total. The molecule has 0 aromatic heterocycles. The van der Waals surface area contributed by atoms with Gasteiger partial charge in [0.2, 0.25) is 5.91 Å². The number of aliphatic hydroxyl groups is 5. The third-order valence-electron chi connectivity index (χ3n) is 17.7. The first-order valence-corrected chi connectivity index (χ1v) is 38.7. The van der Waals surface area contributed by atoms with Crippen LogP contribution in [0.2, 0.25) is 0 Å². The van der Waals surface area contributed by atoms with Crippen LogP contribution in [0.25, 0.3) is 0 Å². The Kier molecular flexibility index (Phi) is 64.1. The summed E-state index contributed by atoms with van der Waals surface area (Å²) < 4.78 is 17.7. The number of carbonyl (C=O) groups is 2. The van der Waals surface area contributed by atoms with Gasteiger partial charge in [-0.2, -0.15) is 0 Å². The number of allylic oxidation sites excluding steroid dienone is 17. The maximum atomic E-state index is 13.5. The highest BCUT2D eigenvalue weighted by atomic mass is 16.7. The van der Waals surface area contributed by atoms with Gasteiger partial charge in [-0.15, -0.1) is 0 Å². The largest absolute Gasteiger partial charge is 0.454 e. The van der Waals surface area contributed by atoms with Gasteiger partial charge >= 0.3 is 5.97 Å². The molecular weight excluding hydrogens is 1160 g/mol. The van der Waals surface area contributed by atoms with Gasteiger partial charge in [-0.25, -0.2) is 0 Å². The summed E-state index contributed by atoms with van der Waals surface area (Å²) in [5, 5.41) is 57.4. The zero-order valence-corrected chi connectivity index (χ0v) is 59.9. The van der Waals surface area contributed by atoms with Crippen molar-refractivity contribution in [3.05, 3.63) is 109 Å². The normalized spacial score (nSPS) is 18.5. The molecule has 1 rings (SSSR count). The Morgan fingerprint density at radius 1 is 0.430 bits per heavy atom. The van der Waals surface area contributed by atoms with Gasteiger partial charge in [-0.05, 0) is 109 Å². The number of esters is 1. The topological polar surface area (TPSA) is 175 Å². The monoisotopic (exact) mass is 1300 g/mol. The number of ether oxygens (including phenoxy) is 3. The molecule has 1 fully saturated rings. The van der Waals surface area contributed by atoms with E-state index in [1.54, 1.807) is 6.08 Å². The molecule has 8 atom stereocenters. The summed E-state index contributed by atoms with van der Waals surface area (Å²) in [6, 6.07) is -1.03. The van der Waals surface area contributed by atoms with Crippen LogP contribution < -0.4 is 5.32 Å². The highest BCUT2D eigenvalue weighted by Gasteiger charge is 2.47. The Morgan fingerprint density at radius 2 is 0.774 bits per heavy atom. The lowest BCUT2D eigenvalue weighted by molar-refractivity contribution is -0.305. The van der Waals surface area contributed by atoms with Crippen molar-refractivity contribution >= 4 is 11.9 Å². The summed E-state index contributed by atoms with van der Waals surface area (Å²) in [6.45, 7) is 5.69. The van der Waals surface area contributed by atoms with E-state index in [0.29, 0.717) is 12.8 Å². The summed E-state index contributed by atoms with van der Waals surface area (Å²) in [5.41, 5.74) is 0. The number of carbonyl (C=O) groups excluding carboxylic acids is 2. The molecule has 0 aromatic carbocycles. The lowest BCUT2D eigenvalue weighted by atomic mass is 9.99. The van der Waals surface area contributed by atoms with Crippen molar-refractivity contribution in [3.8, 4) is 0 Å². The fourth-order valence-corrected chi connectivity index (χ4v) is 11.6. The molecule has 1 aliphatic heterocycles. The zero-order chi connectivity index (χ0) is 67.4. The van der Waals surface area contributed by atoms with E-state index >= 15 is 0 Å². The first-order chi connectivity index (χ1) is 45.7. The predicted octanol–water partition coefficient (Wildman–Crippen LogP) is 20.7. The Labute approximate surface area is 570 Å². The molecule has 11 nitrogen and oxygen atoms in total. The van der Waals surface area contributed by atoms with Gasteiger partial charge < -0.3 is 45.1 Å². The lowest BCUT2D eigenvalue weighted by Gasteiger charge is -2.41. The first kappa shape index (κ1) is 87.3. The number of unbranched alkanes of at least 4 members (excludes halogenated alkanes) is 36. The van der Waals surface area contributed by atoms with E-state index < -0.39 is 67.4 Å². The fraction of sp³-hybridized carbons (Fsp3) is 0.756. The average molecular weight is 1300 g/mol. The van der Waals surface area contributed by atoms with Gasteiger partial charge in [0, 0.05) is 6.42 Å². The number of aliphatic hydroxyl groups excluding tert-OH is 5. The number of hydrogen-bond acceptors (Lipinski definition) is 10. The standard InChI is InChI=1S/C82H143NO10/c1-4-7-10-13-16-19-22-25-27-29-31-33-35-37-38-39-41-43-45-47-49-52-55-58-61-64-67-70-77(87)93-80-79(89)78(88)76(71-84)92-82(80)91-72-73(74(85)68-65-62-59-56-53-50-24-21-18-15-12-9-6-3)83-81(90)75(86)69-66-63-60-57-54-51-48-46-44-42-40-36-34-32-30-28-26-23-20-17-14-11-8-5-2/h7,10,16-17,19-20,25-28,31,33,37-38,41,43,65,68,73-76,78-80,82,84-86,88-89H,4-6,8-9,11-15,18,21-24,29-30,32,34-36,39-40,42,44-64,66-67,69-72H2,1-3H3,(H,83,90)/b10-7-,19-16-,20-17-,27-25-,28-26-,33-31-,38-37-,43-41-,68-65+. The van der Waals surface area contributed by atoms with Crippen LogP contribution in [0, 0.1) is 0 Å². The molecular formula is C82H143NO10. The second-order valence-corrected chi connectivity index (χ2v) is 26.4. The SMILES string of the molecule is CC/C=C\C/C=C\C/C=C\C/C=C\C/C=C\C/C=C\CCCCCCCCCCC(=O)OC1C(OCC(NC(=O)C(O)CCCCCCCCCCCCCCCC/C=C\C/C=C\CCCCC)C(O)/C=C/CCCCCCCCCCCCC)OC(CO)C(O)C1O. The molecule has 0 aliphatic carbocycles. The maximum Gasteiger partial charge on any atom is 0.306 e. The van der Waals surface area contributed by atoms with Crippen LogP contribution in [-0.2, 0) is 23.8 Å². The molecule has 1 amide bonds. The minimum atomic E-state index is -1.62. The minimum absolute atomic E-state index is 0.109. The van der Waals surface area contributed by atoms with Crippen LogP contribution in [0.4, 0.5) is 0 Å². The molecule has 1 aliphatic rings. The van der Waals surface area contributed by atoms with E-state index in [1.165, 1.54) is 173 Å². The van der Waals surface area contributed by atoms with Crippen LogP contribution >= 0.6 is 0 Å². The molecule has 0 spiro atoms. The summed E-state index contributed by atoms with van der Waals surface area (Å²) >= 11 is 0. The number of rotatable bonds is 66. The van der Waals surface area contributed by atoms with Crippen molar-refractivity contribution < 1.29 is 49.3 Å². The Bertz CT molecular complexity index is 1940. The van der Waals surface area contributed by atoms with Crippen molar-refractivity contribution in [2.24, 2.45) is 0 Å². The molecule has 0 radical (unpaired) electrons. The molecule has 1 heterocycles. The van der Waals surface area contributed by atoms with E-state index in [-0.39, 0.29) is 19.4 Å². The Morgan fingerprint density at radius 3 is 1.18 bits per heavy atom. The second kappa shape index (κ2) is 68.3. The number of amides is 1. The zero-order valence-electron chi connectivity index (χ0n) is 59.9. The average Bonchev–Trinajstić information content (AvgIpc) is 0.844. The van der Waals surface area contributed by atoms with Crippen molar-refractivity contribution in [3.63, 3.8) is 0 Å². The van der Waals surface area contributed by atoms with Crippen LogP contribution in [0.3, 0.4) is 0 Å². The Hall–Kier alpha value is -3.68. The first-order valence-electron chi connectivity index (χ1n) is 38.7. The van der Waals surface area contributed by atoms with Crippen molar-refractivity contribution in [2.45, 2.75) is 384 Å². The molecule has 536 valence electrons. The summed E-state index contributed by atoms with van der Waals surface area (Å²) in [5.74, 6) is -1.20. The van der Waals surface area contributed by atoms with Crippen molar-refractivity contribution in [2.75, 3.05) is 13.2 Å². The van der Waals surface area contributed by atoms with E-state index in [2.05, 4.69) is 123 Å². The smallest absolute Gasteiger partial charge is 0.306 e. The summed E-state index contributed by atoms with van der Waals surface area (Å²) in [7, 11) is 0. The van der Waals surface area contributed by atoms with E-state index in [0.717, 1.165) is 116 Å². The molecule has 1 saturated heterocycles. The highest BCUT2D eigenvalue weighted by molar-refractivity contribution is 5.80. The highest BCUT2D eigenvalue weighted by Crippen LogP contribution is 2.26. The third kappa shape index (κ3) is 55.1. The molecule has 93 heavy (non-hydrogen) atoms. The van der Waals surface area contributed by atoms with Gasteiger partial charge in [-0.3, -0.25) is 9.59 Å².